The number of halogens is 1. The van der Waals surface area contributed by atoms with Crippen molar-refractivity contribution in [3.05, 3.63) is 64.6 Å². The third-order valence-corrected chi connectivity index (χ3v) is 5.33. The van der Waals surface area contributed by atoms with Crippen molar-refractivity contribution < 1.29 is 28.2 Å². The maximum Gasteiger partial charge on any atom is 0.319 e. The van der Waals surface area contributed by atoms with Crippen LogP contribution in [0.3, 0.4) is 0 Å². The van der Waals surface area contributed by atoms with Gasteiger partial charge in [-0.1, -0.05) is 12.1 Å². The fourth-order valence-corrected chi connectivity index (χ4v) is 3.88. The van der Waals surface area contributed by atoms with E-state index < -0.39 is 12.1 Å². The van der Waals surface area contributed by atoms with Gasteiger partial charge in [-0.05, 0) is 35.4 Å². The van der Waals surface area contributed by atoms with Gasteiger partial charge in [0.1, 0.15) is 5.82 Å². The Balaban J connectivity index is 1.68. The summed E-state index contributed by atoms with van der Waals surface area (Å²) in [6, 6.07) is 8.28. The van der Waals surface area contributed by atoms with Crippen LogP contribution in [-0.2, 0) is 11.3 Å². The Morgan fingerprint density at radius 2 is 1.68 bits per heavy atom. The summed E-state index contributed by atoms with van der Waals surface area (Å²) in [6.45, 7) is 0.545. The first-order chi connectivity index (χ1) is 14.9. The third-order valence-electron chi connectivity index (χ3n) is 5.33. The molecule has 2 aliphatic heterocycles. The van der Waals surface area contributed by atoms with E-state index in [1.54, 1.807) is 29.2 Å². The van der Waals surface area contributed by atoms with E-state index in [2.05, 4.69) is 10.6 Å². The van der Waals surface area contributed by atoms with Crippen molar-refractivity contribution in [2.24, 2.45) is 0 Å². The molecule has 0 bridgehead atoms. The Kier molecular flexibility index (Phi) is 5.41. The molecule has 0 fully saturated rings. The van der Waals surface area contributed by atoms with E-state index >= 15 is 0 Å². The number of ether oxygens (including phenoxy) is 3. The molecule has 9 heteroatoms. The van der Waals surface area contributed by atoms with Gasteiger partial charge >= 0.3 is 6.03 Å². The molecule has 0 aliphatic carbocycles. The standard InChI is InChI=1S/C22H22FN3O5/c1-29-16-8-13(9-17(30-2)20(16)31-3)19-18-15(24-22(28)25-19)11-26(21(18)27)10-12-4-6-14(23)7-5-12/h4-9,19H,10-11H2,1-3H3,(H2,24,25,28). The van der Waals surface area contributed by atoms with Crippen LogP contribution in [0, 0.1) is 5.82 Å². The van der Waals surface area contributed by atoms with Crippen molar-refractivity contribution in [1.82, 2.24) is 15.5 Å². The first-order valence-corrected chi connectivity index (χ1v) is 9.59. The zero-order chi connectivity index (χ0) is 22.1. The van der Waals surface area contributed by atoms with Gasteiger partial charge in [0, 0.05) is 6.54 Å². The fraction of sp³-hybridized carbons (Fsp3) is 0.273. The van der Waals surface area contributed by atoms with Crippen LogP contribution in [0.25, 0.3) is 0 Å². The van der Waals surface area contributed by atoms with E-state index in [1.807, 2.05) is 0 Å². The van der Waals surface area contributed by atoms with Crippen molar-refractivity contribution in [3.8, 4) is 17.2 Å². The normalized spacial score (nSPS) is 17.8. The smallest absolute Gasteiger partial charge is 0.319 e. The summed E-state index contributed by atoms with van der Waals surface area (Å²) in [5.74, 6) is 0.693. The summed E-state index contributed by atoms with van der Waals surface area (Å²) < 4.78 is 29.4. The van der Waals surface area contributed by atoms with Gasteiger partial charge < -0.3 is 29.7 Å². The number of hydrogen-bond acceptors (Lipinski definition) is 5. The van der Waals surface area contributed by atoms with E-state index in [0.717, 1.165) is 5.56 Å². The molecule has 31 heavy (non-hydrogen) atoms. The quantitative estimate of drug-likeness (QED) is 0.740. The summed E-state index contributed by atoms with van der Waals surface area (Å²) in [5.41, 5.74) is 2.39. The number of carbonyl (C=O) groups excluding carboxylic acids is 2. The molecule has 162 valence electrons. The van der Waals surface area contributed by atoms with E-state index in [4.69, 9.17) is 14.2 Å². The summed E-state index contributed by atoms with van der Waals surface area (Å²) in [6.07, 6.45) is 0. The van der Waals surface area contributed by atoms with Gasteiger partial charge in [0.15, 0.2) is 11.5 Å². The fourth-order valence-electron chi connectivity index (χ4n) is 3.88. The third kappa shape index (κ3) is 3.74. The van der Waals surface area contributed by atoms with Gasteiger partial charge in [0.25, 0.3) is 5.91 Å². The lowest BCUT2D eigenvalue weighted by Gasteiger charge is -2.26. The minimum Gasteiger partial charge on any atom is -0.493 e. The zero-order valence-electron chi connectivity index (χ0n) is 17.3. The molecular weight excluding hydrogens is 405 g/mol. The zero-order valence-corrected chi connectivity index (χ0v) is 17.3. The molecule has 1 atom stereocenters. The van der Waals surface area contributed by atoms with Crippen LogP contribution in [-0.4, -0.2) is 44.7 Å². The Hall–Kier alpha value is -3.75. The molecule has 1 unspecified atom stereocenters. The number of rotatable bonds is 6. The van der Waals surface area contributed by atoms with Crippen LogP contribution in [0.1, 0.15) is 17.2 Å². The van der Waals surface area contributed by atoms with Crippen molar-refractivity contribution in [2.45, 2.75) is 12.6 Å². The number of methoxy groups -OCH3 is 3. The van der Waals surface area contributed by atoms with Crippen molar-refractivity contribution >= 4 is 11.9 Å². The second-order valence-electron chi connectivity index (χ2n) is 7.17. The monoisotopic (exact) mass is 427 g/mol. The largest absolute Gasteiger partial charge is 0.493 e. The summed E-state index contributed by atoms with van der Waals surface area (Å²) in [4.78, 5) is 27.2. The van der Waals surface area contributed by atoms with Crippen molar-refractivity contribution in [3.63, 3.8) is 0 Å². The molecule has 3 amide bonds. The molecule has 0 saturated carbocycles. The highest BCUT2D eigenvalue weighted by Crippen LogP contribution is 2.42. The SMILES string of the molecule is COc1cc(C2NC(=O)NC3=C2C(=O)N(Cc2ccc(F)cc2)C3)cc(OC)c1OC. The van der Waals surface area contributed by atoms with Crippen molar-refractivity contribution in [1.29, 1.82) is 0 Å². The van der Waals surface area contributed by atoms with E-state index in [9.17, 15) is 14.0 Å². The van der Waals surface area contributed by atoms with Gasteiger partial charge in [-0.3, -0.25) is 4.79 Å². The van der Waals surface area contributed by atoms with Crippen LogP contribution in [0.2, 0.25) is 0 Å². The molecular formula is C22H22FN3O5. The number of carbonyl (C=O) groups is 2. The molecule has 2 aliphatic rings. The predicted octanol–water partition coefficient (Wildman–Crippen LogP) is 2.50. The summed E-state index contributed by atoms with van der Waals surface area (Å²) >= 11 is 0. The number of benzene rings is 2. The van der Waals surface area contributed by atoms with Gasteiger partial charge in [0.2, 0.25) is 5.75 Å². The second-order valence-corrected chi connectivity index (χ2v) is 7.17. The number of nitrogens with one attached hydrogen (secondary N) is 2. The summed E-state index contributed by atoms with van der Waals surface area (Å²) in [5, 5.41) is 5.54. The average molecular weight is 427 g/mol. The van der Waals surface area contributed by atoms with E-state index in [-0.39, 0.29) is 18.3 Å². The topological polar surface area (TPSA) is 89.1 Å². The lowest BCUT2D eigenvalue weighted by molar-refractivity contribution is -0.126. The van der Waals surface area contributed by atoms with Crippen LogP contribution < -0.4 is 24.8 Å². The highest BCUT2D eigenvalue weighted by atomic mass is 19.1. The van der Waals surface area contributed by atoms with Gasteiger partial charge in [0.05, 0.1) is 45.2 Å². The Morgan fingerprint density at radius 1 is 1.03 bits per heavy atom. The highest BCUT2D eigenvalue weighted by Gasteiger charge is 2.40. The number of urea groups is 1. The maximum absolute atomic E-state index is 13.2. The first kappa shape index (κ1) is 20.5. The average Bonchev–Trinajstić information content (AvgIpc) is 3.08. The highest BCUT2D eigenvalue weighted by molar-refractivity contribution is 6.01. The molecule has 0 saturated heterocycles. The van der Waals surface area contributed by atoms with E-state index in [0.29, 0.717) is 40.6 Å². The lowest BCUT2D eigenvalue weighted by Crippen LogP contribution is -2.44. The lowest BCUT2D eigenvalue weighted by atomic mass is 9.95. The van der Waals surface area contributed by atoms with E-state index in [1.165, 1.54) is 33.5 Å². The molecule has 2 N–H and O–H groups in total. The van der Waals surface area contributed by atoms with Gasteiger partial charge in [-0.2, -0.15) is 0 Å². The number of amides is 3. The molecule has 2 heterocycles. The first-order valence-electron chi connectivity index (χ1n) is 9.59. The molecule has 0 aromatic heterocycles. The molecule has 2 aromatic carbocycles. The van der Waals surface area contributed by atoms with Gasteiger partial charge in [-0.25, -0.2) is 9.18 Å². The Labute approximate surface area is 178 Å². The van der Waals surface area contributed by atoms with Crippen LogP contribution in [0.5, 0.6) is 17.2 Å². The predicted molar refractivity (Wildman–Crippen MR) is 109 cm³/mol. The molecule has 0 spiro atoms. The Morgan fingerprint density at radius 3 is 2.26 bits per heavy atom. The van der Waals surface area contributed by atoms with Gasteiger partial charge in [-0.15, -0.1) is 0 Å². The molecule has 4 rings (SSSR count). The maximum atomic E-state index is 13.2. The molecule has 0 radical (unpaired) electrons. The minimum absolute atomic E-state index is 0.217. The number of hydrogen-bond donors (Lipinski definition) is 2. The molecule has 8 nitrogen and oxygen atoms in total. The molecule has 2 aromatic rings. The van der Waals surface area contributed by atoms with Crippen LogP contribution in [0.4, 0.5) is 9.18 Å². The summed E-state index contributed by atoms with van der Waals surface area (Å²) in [7, 11) is 4.50. The minimum atomic E-state index is -0.692. The van der Waals surface area contributed by atoms with Crippen LogP contribution >= 0.6 is 0 Å². The number of nitrogens with zero attached hydrogens (tertiary/aromatic N) is 1. The van der Waals surface area contributed by atoms with Crippen molar-refractivity contribution in [2.75, 3.05) is 27.9 Å². The van der Waals surface area contributed by atoms with Crippen LogP contribution in [0.15, 0.2) is 47.7 Å². The second kappa shape index (κ2) is 8.17. The Bertz CT molecular complexity index is 1040.